The van der Waals surface area contributed by atoms with E-state index in [2.05, 4.69) is 0 Å². The number of carbonyl (C=O) groups is 2. The van der Waals surface area contributed by atoms with Gasteiger partial charge in [0, 0.05) is 5.56 Å². The van der Waals surface area contributed by atoms with Crippen LogP contribution in [0.5, 0.6) is 0 Å². The molecule has 2 heteroatoms. The van der Waals surface area contributed by atoms with E-state index in [1.54, 1.807) is 24.3 Å². The molecule has 1 aromatic rings. The van der Waals surface area contributed by atoms with Crippen molar-refractivity contribution >= 4 is 11.6 Å². The first-order chi connectivity index (χ1) is 6.66. The summed E-state index contributed by atoms with van der Waals surface area (Å²) >= 11 is 0. The van der Waals surface area contributed by atoms with Crippen LogP contribution in [0.3, 0.4) is 0 Å². The summed E-state index contributed by atoms with van der Waals surface area (Å²) in [6, 6.07) is 8.95. The van der Waals surface area contributed by atoms with Gasteiger partial charge in [0.05, 0.1) is 5.92 Å². The Balaban J connectivity index is 2.89. The van der Waals surface area contributed by atoms with Crippen LogP contribution >= 0.6 is 0 Å². The lowest BCUT2D eigenvalue weighted by Crippen LogP contribution is -2.21. The Labute approximate surface area is 83.9 Å². The van der Waals surface area contributed by atoms with Crippen LogP contribution < -0.4 is 0 Å². The molecule has 0 bridgehead atoms. The standard InChI is InChI=1S/C12H14O2/c1-3-11(9(2)13)12(14)10-7-5-4-6-8-10/h4-8,11H,3H2,1-2H3. The van der Waals surface area contributed by atoms with Gasteiger partial charge >= 0.3 is 0 Å². The van der Waals surface area contributed by atoms with Crippen molar-refractivity contribution in [2.24, 2.45) is 5.92 Å². The van der Waals surface area contributed by atoms with E-state index in [-0.39, 0.29) is 11.6 Å². The fraction of sp³-hybridized carbons (Fsp3) is 0.333. The van der Waals surface area contributed by atoms with E-state index in [0.29, 0.717) is 12.0 Å². The number of carbonyl (C=O) groups excluding carboxylic acids is 2. The van der Waals surface area contributed by atoms with Gasteiger partial charge in [0.1, 0.15) is 5.78 Å². The zero-order chi connectivity index (χ0) is 10.6. The SMILES string of the molecule is CCC(C(C)=O)C(=O)c1ccccc1. The highest BCUT2D eigenvalue weighted by molar-refractivity contribution is 6.09. The topological polar surface area (TPSA) is 34.1 Å². The first-order valence-electron chi connectivity index (χ1n) is 4.76. The zero-order valence-electron chi connectivity index (χ0n) is 8.49. The molecule has 0 amide bonds. The molecular formula is C12H14O2. The second-order valence-electron chi connectivity index (χ2n) is 3.30. The molecule has 1 rings (SSSR count). The van der Waals surface area contributed by atoms with E-state index in [9.17, 15) is 9.59 Å². The molecule has 0 fully saturated rings. The highest BCUT2D eigenvalue weighted by Crippen LogP contribution is 2.12. The Bertz CT molecular complexity index is 327. The molecule has 0 aliphatic heterocycles. The van der Waals surface area contributed by atoms with Crippen LogP contribution in [0.2, 0.25) is 0 Å². The Morgan fingerprint density at radius 3 is 2.21 bits per heavy atom. The molecule has 0 radical (unpaired) electrons. The van der Waals surface area contributed by atoms with Gasteiger partial charge in [0.15, 0.2) is 5.78 Å². The molecule has 0 aromatic heterocycles. The quantitative estimate of drug-likeness (QED) is 0.540. The Kier molecular flexibility index (Phi) is 3.57. The smallest absolute Gasteiger partial charge is 0.173 e. The van der Waals surface area contributed by atoms with Crippen LogP contribution in [-0.2, 0) is 4.79 Å². The molecule has 14 heavy (non-hydrogen) atoms. The third-order valence-electron chi connectivity index (χ3n) is 2.27. The summed E-state index contributed by atoms with van der Waals surface area (Å²) in [7, 11) is 0. The van der Waals surface area contributed by atoms with E-state index in [1.165, 1.54) is 6.92 Å². The molecule has 0 saturated carbocycles. The summed E-state index contributed by atoms with van der Waals surface area (Å²) in [6.07, 6.45) is 0.572. The van der Waals surface area contributed by atoms with E-state index < -0.39 is 5.92 Å². The first-order valence-corrected chi connectivity index (χ1v) is 4.76. The van der Waals surface area contributed by atoms with Crippen molar-refractivity contribution in [2.75, 3.05) is 0 Å². The van der Waals surface area contributed by atoms with Crippen molar-refractivity contribution in [3.8, 4) is 0 Å². The lowest BCUT2D eigenvalue weighted by Gasteiger charge is -2.09. The fourth-order valence-electron chi connectivity index (χ4n) is 1.46. The van der Waals surface area contributed by atoms with Gasteiger partial charge in [0.2, 0.25) is 0 Å². The first kappa shape index (κ1) is 10.6. The van der Waals surface area contributed by atoms with Crippen LogP contribution in [0.1, 0.15) is 30.6 Å². The predicted molar refractivity (Wildman–Crippen MR) is 55.2 cm³/mol. The van der Waals surface area contributed by atoms with Gasteiger partial charge in [0.25, 0.3) is 0 Å². The largest absolute Gasteiger partial charge is 0.299 e. The van der Waals surface area contributed by atoms with Crippen LogP contribution in [-0.4, -0.2) is 11.6 Å². The van der Waals surface area contributed by atoms with Crippen LogP contribution in [0, 0.1) is 5.92 Å². The lowest BCUT2D eigenvalue weighted by atomic mass is 9.92. The number of hydrogen-bond acceptors (Lipinski definition) is 2. The van der Waals surface area contributed by atoms with Gasteiger partial charge in [-0.2, -0.15) is 0 Å². The van der Waals surface area contributed by atoms with Crippen molar-refractivity contribution in [1.82, 2.24) is 0 Å². The summed E-state index contributed by atoms with van der Waals surface area (Å²) in [5.41, 5.74) is 0.620. The van der Waals surface area contributed by atoms with Crippen molar-refractivity contribution < 1.29 is 9.59 Å². The zero-order valence-corrected chi connectivity index (χ0v) is 8.49. The number of rotatable bonds is 4. The van der Waals surface area contributed by atoms with E-state index >= 15 is 0 Å². The fourth-order valence-corrected chi connectivity index (χ4v) is 1.46. The molecule has 0 saturated heterocycles. The third kappa shape index (κ3) is 2.28. The molecule has 0 aliphatic carbocycles. The highest BCUT2D eigenvalue weighted by Gasteiger charge is 2.21. The van der Waals surface area contributed by atoms with Crippen LogP contribution in [0.4, 0.5) is 0 Å². The van der Waals surface area contributed by atoms with Crippen molar-refractivity contribution in [3.63, 3.8) is 0 Å². The molecule has 0 N–H and O–H groups in total. The number of hydrogen-bond donors (Lipinski definition) is 0. The van der Waals surface area contributed by atoms with E-state index in [4.69, 9.17) is 0 Å². The average molecular weight is 190 g/mol. The minimum atomic E-state index is -0.475. The number of ketones is 2. The Morgan fingerprint density at radius 1 is 1.21 bits per heavy atom. The van der Waals surface area contributed by atoms with Gasteiger partial charge in [-0.3, -0.25) is 9.59 Å². The van der Waals surface area contributed by atoms with E-state index in [0.717, 1.165) is 0 Å². The lowest BCUT2D eigenvalue weighted by molar-refractivity contribution is -0.119. The molecular weight excluding hydrogens is 176 g/mol. The minimum absolute atomic E-state index is 0.0543. The number of Topliss-reactive ketones (excluding diaryl/α,β-unsaturated/α-hetero) is 2. The third-order valence-corrected chi connectivity index (χ3v) is 2.27. The summed E-state index contributed by atoms with van der Waals surface area (Å²) in [5.74, 6) is -0.598. The average Bonchev–Trinajstić information content (AvgIpc) is 2.19. The molecule has 1 unspecified atom stereocenters. The van der Waals surface area contributed by atoms with Crippen molar-refractivity contribution in [3.05, 3.63) is 35.9 Å². The molecule has 1 atom stereocenters. The second-order valence-corrected chi connectivity index (χ2v) is 3.30. The summed E-state index contributed by atoms with van der Waals surface area (Å²) < 4.78 is 0. The Morgan fingerprint density at radius 2 is 1.79 bits per heavy atom. The van der Waals surface area contributed by atoms with Crippen LogP contribution in [0.25, 0.3) is 0 Å². The summed E-state index contributed by atoms with van der Waals surface area (Å²) in [4.78, 5) is 23.0. The molecule has 0 spiro atoms. The molecule has 0 aliphatic rings. The maximum Gasteiger partial charge on any atom is 0.173 e. The second kappa shape index (κ2) is 4.70. The molecule has 1 aromatic carbocycles. The predicted octanol–water partition coefficient (Wildman–Crippen LogP) is 2.48. The maximum absolute atomic E-state index is 11.8. The van der Waals surface area contributed by atoms with Crippen molar-refractivity contribution in [2.45, 2.75) is 20.3 Å². The normalized spacial score (nSPS) is 12.1. The highest BCUT2D eigenvalue weighted by atomic mass is 16.1. The minimum Gasteiger partial charge on any atom is -0.299 e. The van der Waals surface area contributed by atoms with Gasteiger partial charge in [-0.05, 0) is 13.3 Å². The summed E-state index contributed by atoms with van der Waals surface area (Å²) in [6.45, 7) is 3.32. The van der Waals surface area contributed by atoms with Crippen molar-refractivity contribution in [1.29, 1.82) is 0 Å². The van der Waals surface area contributed by atoms with Crippen LogP contribution in [0.15, 0.2) is 30.3 Å². The van der Waals surface area contributed by atoms with Gasteiger partial charge in [-0.15, -0.1) is 0 Å². The summed E-state index contributed by atoms with van der Waals surface area (Å²) in [5, 5.41) is 0. The molecule has 2 nitrogen and oxygen atoms in total. The Hall–Kier alpha value is -1.44. The monoisotopic (exact) mass is 190 g/mol. The molecule has 74 valence electrons. The molecule has 0 heterocycles. The maximum atomic E-state index is 11.8. The van der Waals surface area contributed by atoms with Gasteiger partial charge < -0.3 is 0 Å². The van der Waals surface area contributed by atoms with Gasteiger partial charge in [-0.1, -0.05) is 37.3 Å². The number of benzene rings is 1. The van der Waals surface area contributed by atoms with Gasteiger partial charge in [-0.25, -0.2) is 0 Å². The van der Waals surface area contributed by atoms with E-state index in [1.807, 2.05) is 13.0 Å².